The van der Waals surface area contributed by atoms with Crippen LogP contribution in [0.4, 0.5) is 0 Å². The van der Waals surface area contributed by atoms with Crippen LogP contribution in [0.1, 0.15) is 26.2 Å². The Kier molecular flexibility index (Phi) is 3.38. The van der Waals surface area contributed by atoms with E-state index in [1.54, 1.807) is 4.31 Å². The summed E-state index contributed by atoms with van der Waals surface area (Å²) in [4.78, 5) is 2.34. The Hall–Kier alpha value is -0.170. The van der Waals surface area contributed by atoms with Crippen molar-refractivity contribution in [3.63, 3.8) is 0 Å². The van der Waals surface area contributed by atoms with Crippen molar-refractivity contribution in [3.8, 4) is 0 Å². The van der Waals surface area contributed by atoms with Crippen LogP contribution in [-0.2, 0) is 14.8 Å². The molecule has 6 heteroatoms. The van der Waals surface area contributed by atoms with Gasteiger partial charge in [0.25, 0.3) is 0 Å². The van der Waals surface area contributed by atoms with E-state index < -0.39 is 10.0 Å². The summed E-state index contributed by atoms with van der Waals surface area (Å²) in [5.74, 6) is 0. The maximum atomic E-state index is 12.4. The van der Waals surface area contributed by atoms with Gasteiger partial charge in [-0.2, -0.15) is 4.31 Å². The lowest BCUT2D eigenvalue weighted by Crippen LogP contribution is -2.60. The molecule has 0 spiro atoms. The number of hydrogen-bond donors (Lipinski definition) is 0. The first-order valence-electron chi connectivity index (χ1n) is 6.97. The quantitative estimate of drug-likeness (QED) is 0.741. The number of morpholine rings is 1. The minimum atomic E-state index is -3.05. The number of piperidine rings is 1. The Bertz CT molecular complexity index is 408. The molecule has 2 unspecified atom stereocenters. The Morgan fingerprint density at radius 1 is 1.22 bits per heavy atom. The van der Waals surface area contributed by atoms with Crippen LogP contribution in [0, 0.1) is 0 Å². The molecule has 1 saturated carbocycles. The van der Waals surface area contributed by atoms with Crippen LogP contribution in [-0.4, -0.2) is 67.8 Å². The summed E-state index contributed by atoms with van der Waals surface area (Å²) in [5.41, 5.74) is 0. The van der Waals surface area contributed by atoms with Gasteiger partial charge in [0.05, 0.1) is 24.0 Å². The van der Waals surface area contributed by atoms with Crippen LogP contribution in [0.2, 0.25) is 0 Å². The third-order valence-corrected chi connectivity index (χ3v) is 6.76. The van der Waals surface area contributed by atoms with Gasteiger partial charge in [0, 0.05) is 13.1 Å². The van der Waals surface area contributed by atoms with Gasteiger partial charge < -0.3 is 9.64 Å². The Balaban J connectivity index is 1.76. The van der Waals surface area contributed by atoms with Crippen LogP contribution in [0.3, 0.4) is 0 Å². The summed E-state index contributed by atoms with van der Waals surface area (Å²) >= 11 is 0. The number of fused-ring (bicyclic) bond motifs is 1. The molecule has 104 valence electrons. The predicted molar refractivity (Wildman–Crippen MR) is 68.9 cm³/mol. The number of rotatable bonds is 3. The zero-order chi connectivity index (χ0) is 12.8. The molecule has 3 fully saturated rings. The van der Waals surface area contributed by atoms with E-state index in [4.69, 9.17) is 4.74 Å². The molecule has 0 aromatic carbocycles. The van der Waals surface area contributed by atoms with Crippen molar-refractivity contribution < 1.29 is 13.2 Å². The summed E-state index contributed by atoms with van der Waals surface area (Å²) in [6.45, 7) is 6.11. The fraction of sp³-hybridized carbons (Fsp3) is 1.00. The number of nitrogens with zero attached hydrogens (tertiary/aromatic N) is 2. The van der Waals surface area contributed by atoms with E-state index in [1.165, 1.54) is 0 Å². The fourth-order valence-corrected chi connectivity index (χ4v) is 5.14. The van der Waals surface area contributed by atoms with E-state index in [1.807, 2.05) is 0 Å². The lowest BCUT2D eigenvalue weighted by atomic mass is 10.0. The van der Waals surface area contributed by atoms with Crippen molar-refractivity contribution in [2.45, 2.75) is 43.6 Å². The van der Waals surface area contributed by atoms with E-state index in [-0.39, 0.29) is 17.4 Å². The fourth-order valence-electron chi connectivity index (χ4n) is 3.08. The van der Waals surface area contributed by atoms with Gasteiger partial charge in [0.2, 0.25) is 10.0 Å². The van der Waals surface area contributed by atoms with Crippen molar-refractivity contribution >= 4 is 10.0 Å². The standard InChI is InChI=1S/C12H22N2O3S/c1-2-13-6-5-11-12(9-13)17-8-7-14(11)18(15,16)10-3-4-10/h10-12H,2-9H2,1H3. The maximum absolute atomic E-state index is 12.4. The van der Waals surface area contributed by atoms with Crippen LogP contribution in [0.15, 0.2) is 0 Å². The van der Waals surface area contributed by atoms with Gasteiger partial charge in [-0.25, -0.2) is 8.42 Å². The molecule has 0 N–H and O–H groups in total. The van der Waals surface area contributed by atoms with E-state index in [2.05, 4.69) is 11.8 Å². The monoisotopic (exact) mass is 274 g/mol. The highest BCUT2D eigenvalue weighted by Gasteiger charge is 2.47. The molecular weight excluding hydrogens is 252 g/mol. The Morgan fingerprint density at radius 2 is 2.00 bits per heavy atom. The largest absolute Gasteiger partial charge is 0.374 e. The summed E-state index contributed by atoms with van der Waals surface area (Å²) in [5, 5.41) is -0.0968. The van der Waals surface area contributed by atoms with Crippen LogP contribution >= 0.6 is 0 Å². The number of likely N-dealkylation sites (tertiary alicyclic amines) is 1. The number of hydrogen-bond acceptors (Lipinski definition) is 4. The van der Waals surface area contributed by atoms with E-state index in [0.29, 0.717) is 13.2 Å². The van der Waals surface area contributed by atoms with Gasteiger partial charge in [-0.3, -0.25) is 0 Å². The molecule has 0 radical (unpaired) electrons. The van der Waals surface area contributed by atoms with Gasteiger partial charge in [-0.05, 0) is 32.4 Å². The zero-order valence-electron chi connectivity index (χ0n) is 10.9. The number of likely N-dealkylation sites (N-methyl/N-ethyl adjacent to an activating group) is 1. The van der Waals surface area contributed by atoms with E-state index in [9.17, 15) is 8.42 Å². The average molecular weight is 274 g/mol. The van der Waals surface area contributed by atoms with Crippen molar-refractivity contribution in [1.29, 1.82) is 0 Å². The highest BCUT2D eigenvalue weighted by atomic mass is 32.2. The topological polar surface area (TPSA) is 49.9 Å². The Labute approximate surface area is 109 Å². The molecule has 2 saturated heterocycles. The molecule has 2 aliphatic heterocycles. The third-order valence-electron chi connectivity index (χ3n) is 4.34. The van der Waals surface area contributed by atoms with Crippen molar-refractivity contribution in [1.82, 2.24) is 9.21 Å². The second-order valence-corrected chi connectivity index (χ2v) is 7.68. The first-order chi connectivity index (χ1) is 8.63. The van der Waals surface area contributed by atoms with Gasteiger partial charge in [0.15, 0.2) is 0 Å². The summed E-state index contributed by atoms with van der Waals surface area (Å²) in [6, 6.07) is 0.0761. The van der Waals surface area contributed by atoms with Crippen molar-refractivity contribution in [2.24, 2.45) is 0 Å². The summed E-state index contributed by atoms with van der Waals surface area (Å²) in [7, 11) is -3.05. The average Bonchev–Trinajstić information content (AvgIpc) is 3.21. The zero-order valence-corrected chi connectivity index (χ0v) is 11.7. The molecule has 2 atom stereocenters. The highest BCUT2D eigenvalue weighted by Crippen LogP contribution is 2.35. The first-order valence-corrected chi connectivity index (χ1v) is 8.48. The molecular formula is C12H22N2O3S. The van der Waals surface area contributed by atoms with Crippen LogP contribution in [0.5, 0.6) is 0 Å². The predicted octanol–water partition coefficient (Wildman–Crippen LogP) is 0.274. The minimum Gasteiger partial charge on any atom is -0.374 e. The summed E-state index contributed by atoms with van der Waals surface area (Å²) in [6.07, 6.45) is 2.67. The van der Waals surface area contributed by atoms with Gasteiger partial charge in [0.1, 0.15) is 0 Å². The minimum absolute atomic E-state index is 0.0703. The lowest BCUT2D eigenvalue weighted by Gasteiger charge is -2.46. The van der Waals surface area contributed by atoms with Crippen molar-refractivity contribution in [2.75, 3.05) is 32.8 Å². The van der Waals surface area contributed by atoms with Gasteiger partial charge in [-0.15, -0.1) is 0 Å². The molecule has 5 nitrogen and oxygen atoms in total. The molecule has 18 heavy (non-hydrogen) atoms. The molecule has 0 aromatic rings. The molecule has 3 rings (SSSR count). The van der Waals surface area contributed by atoms with Gasteiger partial charge in [-0.1, -0.05) is 6.92 Å². The molecule has 0 aromatic heterocycles. The molecule has 2 heterocycles. The molecule has 0 amide bonds. The molecule has 3 aliphatic rings. The van der Waals surface area contributed by atoms with Gasteiger partial charge >= 0.3 is 0 Å². The number of sulfonamides is 1. The van der Waals surface area contributed by atoms with E-state index in [0.717, 1.165) is 38.9 Å². The lowest BCUT2D eigenvalue weighted by molar-refractivity contribution is -0.0773. The van der Waals surface area contributed by atoms with Crippen molar-refractivity contribution in [3.05, 3.63) is 0 Å². The smallest absolute Gasteiger partial charge is 0.217 e. The SMILES string of the molecule is CCN1CCC2C(C1)OCCN2S(=O)(=O)C1CC1. The number of ether oxygens (including phenoxy) is 1. The van der Waals surface area contributed by atoms with Crippen LogP contribution < -0.4 is 0 Å². The second kappa shape index (κ2) is 4.74. The summed E-state index contributed by atoms with van der Waals surface area (Å²) < 4.78 is 32.4. The third kappa shape index (κ3) is 2.19. The van der Waals surface area contributed by atoms with Crippen LogP contribution in [0.25, 0.3) is 0 Å². The first kappa shape index (κ1) is 12.8. The maximum Gasteiger partial charge on any atom is 0.217 e. The molecule has 1 aliphatic carbocycles. The Morgan fingerprint density at radius 3 is 2.67 bits per heavy atom. The van der Waals surface area contributed by atoms with E-state index >= 15 is 0 Å². The molecule has 0 bridgehead atoms. The highest BCUT2D eigenvalue weighted by molar-refractivity contribution is 7.90. The normalized spacial score (nSPS) is 35.4. The second-order valence-electron chi connectivity index (χ2n) is 5.51.